The van der Waals surface area contributed by atoms with E-state index in [9.17, 15) is 4.79 Å². The van der Waals surface area contributed by atoms with Gasteiger partial charge in [0.05, 0.1) is 5.69 Å². The summed E-state index contributed by atoms with van der Waals surface area (Å²) in [4.78, 5) is 13.7. The number of likely N-dealkylation sites (tertiary alicyclic amines) is 1. The fourth-order valence-corrected chi connectivity index (χ4v) is 2.79. The van der Waals surface area contributed by atoms with Gasteiger partial charge in [-0.15, -0.1) is 0 Å². The smallest absolute Gasteiger partial charge is 0.262 e. The summed E-state index contributed by atoms with van der Waals surface area (Å²) < 4.78 is 5.37. The molecule has 1 unspecified atom stereocenters. The highest BCUT2D eigenvalue weighted by Gasteiger charge is 2.18. The zero-order chi connectivity index (χ0) is 13.9. The molecule has 5 nitrogen and oxygen atoms in total. The highest BCUT2D eigenvalue weighted by atomic mass is 16.5. The van der Waals surface area contributed by atoms with Gasteiger partial charge >= 0.3 is 0 Å². The van der Waals surface area contributed by atoms with E-state index >= 15 is 0 Å². The number of carbonyl (C=O) groups excluding carboxylic acids is 1. The fourth-order valence-electron chi connectivity index (χ4n) is 2.79. The first-order chi connectivity index (χ1) is 9.70. The minimum atomic E-state index is -0.0919. The van der Waals surface area contributed by atoms with Crippen molar-refractivity contribution >= 4 is 17.3 Å². The molecule has 2 aliphatic heterocycles. The van der Waals surface area contributed by atoms with Gasteiger partial charge in [-0.3, -0.25) is 4.79 Å². The Labute approximate surface area is 119 Å². The number of amides is 1. The minimum absolute atomic E-state index is 0.0919. The van der Waals surface area contributed by atoms with E-state index in [1.165, 1.54) is 19.4 Å². The first-order valence-corrected chi connectivity index (χ1v) is 7.22. The Morgan fingerprint density at radius 3 is 3.15 bits per heavy atom. The lowest BCUT2D eigenvalue weighted by molar-refractivity contribution is -0.118. The normalized spacial score (nSPS) is 23.2. The molecular formula is C15H21N3O2. The quantitative estimate of drug-likeness (QED) is 0.866. The molecule has 0 aliphatic carbocycles. The summed E-state index contributed by atoms with van der Waals surface area (Å²) >= 11 is 0. The molecule has 0 saturated carbocycles. The van der Waals surface area contributed by atoms with Crippen LogP contribution >= 0.6 is 0 Å². The second-order valence-electron chi connectivity index (χ2n) is 5.62. The van der Waals surface area contributed by atoms with E-state index in [1.807, 2.05) is 18.2 Å². The second kappa shape index (κ2) is 5.71. The van der Waals surface area contributed by atoms with Crippen LogP contribution in [0.15, 0.2) is 18.2 Å². The summed E-state index contributed by atoms with van der Waals surface area (Å²) in [6.45, 7) is 2.41. The van der Waals surface area contributed by atoms with Gasteiger partial charge in [-0.05, 0) is 57.6 Å². The molecule has 2 N–H and O–H groups in total. The van der Waals surface area contributed by atoms with Gasteiger partial charge in [0.2, 0.25) is 0 Å². The molecule has 20 heavy (non-hydrogen) atoms. The maximum absolute atomic E-state index is 11.3. The molecule has 1 amide bonds. The molecule has 1 atom stereocenters. The first kappa shape index (κ1) is 13.2. The van der Waals surface area contributed by atoms with Crippen molar-refractivity contribution in [1.29, 1.82) is 0 Å². The maximum atomic E-state index is 11.3. The van der Waals surface area contributed by atoms with Crippen molar-refractivity contribution < 1.29 is 9.53 Å². The van der Waals surface area contributed by atoms with Crippen molar-refractivity contribution in [3.8, 4) is 5.75 Å². The fraction of sp³-hybridized carbons (Fsp3) is 0.533. The molecule has 3 rings (SSSR count). The number of benzene rings is 1. The van der Waals surface area contributed by atoms with Gasteiger partial charge in [0.1, 0.15) is 5.75 Å². The summed E-state index contributed by atoms with van der Waals surface area (Å²) in [7, 11) is 2.17. The topological polar surface area (TPSA) is 53.6 Å². The van der Waals surface area contributed by atoms with E-state index in [0.29, 0.717) is 6.04 Å². The molecule has 0 spiro atoms. The lowest BCUT2D eigenvalue weighted by atomic mass is 10.1. The molecule has 1 aromatic rings. The summed E-state index contributed by atoms with van der Waals surface area (Å²) in [5.41, 5.74) is 1.81. The monoisotopic (exact) mass is 275 g/mol. The molecule has 2 aliphatic rings. The van der Waals surface area contributed by atoms with Crippen molar-refractivity contribution in [1.82, 2.24) is 4.90 Å². The minimum Gasteiger partial charge on any atom is -0.482 e. The standard InChI is InChI=1S/C15H21N3O2/c1-18-7-2-3-11(6-8-18)16-12-4-5-14-13(9-12)17-15(19)10-20-14/h4-5,9,11,16H,2-3,6-8,10H2,1H3,(H,17,19). The summed E-state index contributed by atoms with van der Waals surface area (Å²) in [5.74, 6) is 0.654. The van der Waals surface area contributed by atoms with Gasteiger partial charge in [-0.1, -0.05) is 0 Å². The van der Waals surface area contributed by atoms with Crippen LogP contribution in [0.2, 0.25) is 0 Å². The SMILES string of the molecule is CN1CCCC(Nc2ccc3c(c2)NC(=O)CO3)CC1. The Kier molecular flexibility index (Phi) is 3.78. The number of fused-ring (bicyclic) bond motifs is 1. The highest BCUT2D eigenvalue weighted by Crippen LogP contribution is 2.31. The van der Waals surface area contributed by atoms with E-state index in [-0.39, 0.29) is 12.5 Å². The van der Waals surface area contributed by atoms with E-state index in [1.54, 1.807) is 0 Å². The Balaban J connectivity index is 1.68. The Hall–Kier alpha value is -1.75. The van der Waals surface area contributed by atoms with Crippen LogP contribution in [0.4, 0.5) is 11.4 Å². The summed E-state index contributed by atoms with van der Waals surface area (Å²) in [5, 5.41) is 6.42. The molecule has 1 saturated heterocycles. The predicted molar refractivity (Wildman–Crippen MR) is 79.3 cm³/mol. The third-order valence-electron chi connectivity index (χ3n) is 3.93. The van der Waals surface area contributed by atoms with Crippen LogP contribution < -0.4 is 15.4 Å². The number of carbonyl (C=O) groups is 1. The molecule has 0 aromatic heterocycles. The number of ether oxygens (including phenoxy) is 1. The second-order valence-corrected chi connectivity index (χ2v) is 5.62. The van der Waals surface area contributed by atoms with Crippen LogP contribution in [0.1, 0.15) is 19.3 Å². The van der Waals surface area contributed by atoms with Gasteiger partial charge in [0.25, 0.3) is 5.91 Å². The Morgan fingerprint density at radius 1 is 1.35 bits per heavy atom. The van der Waals surface area contributed by atoms with Crippen LogP contribution in [0, 0.1) is 0 Å². The average molecular weight is 275 g/mol. The summed E-state index contributed by atoms with van der Waals surface area (Å²) in [6, 6.07) is 6.39. The molecule has 0 bridgehead atoms. The van der Waals surface area contributed by atoms with Crippen LogP contribution in [0.5, 0.6) is 5.75 Å². The molecule has 5 heteroatoms. The zero-order valence-electron chi connectivity index (χ0n) is 11.8. The van der Waals surface area contributed by atoms with E-state index in [2.05, 4.69) is 22.6 Å². The number of anilines is 2. The van der Waals surface area contributed by atoms with Gasteiger partial charge in [0, 0.05) is 11.7 Å². The number of nitrogens with zero attached hydrogens (tertiary/aromatic N) is 1. The largest absolute Gasteiger partial charge is 0.482 e. The van der Waals surface area contributed by atoms with Crippen LogP contribution in [-0.4, -0.2) is 43.6 Å². The number of hydrogen-bond donors (Lipinski definition) is 2. The first-order valence-electron chi connectivity index (χ1n) is 7.22. The van der Waals surface area contributed by atoms with Crippen molar-refractivity contribution in [2.24, 2.45) is 0 Å². The van der Waals surface area contributed by atoms with E-state index in [0.717, 1.165) is 30.1 Å². The number of nitrogens with one attached hydrogen (secondary N) is 2. The van der Waals surface area contributed by atoms with Crippen LogP contribution in [0.25, 0.3) is 0 Å². The molecular weight excluding hydrogens is 254 g/mol. The molecule has 108 valence electrons. The van der Waals surface area contributed by atoms with E-state index in [4.69, 9.17) is 4.74 Å². The molecule has 0 radical (unpaired) electrons. The van der Waals surface area contributed by atoms with Crippen LogP contribution in [-0.2, 0) is 4.79 Å². The predicted octanol–water partition coefficient (Wildman–Crippen LogP) is 1.91. The summed E-state index contributed by atoms with van der Waals surface area (Å²) in [6.07, 6.45) is 3.56. The van der Waals surface area contributed by atoms with Gasteiger partial charge in [-0.25, -0.2) is 0 Å². The number of hydrogen-bond acceptors (Lipinski definition) is 4. The molecule has 1 fully saturated rings. The number of rotatable bonds is 2. The molecule has 2 heterocycles. The lowest BCUT2D eigenvalue weighted by Gasteiger charge is -2.21. The van der Waals surface area contributed by atoms with Crippen molar-refractivity contribution in [2.45, 2.75) is 25.3 Å². The van der Waals surface area contributed by atoms with Crippen LogP contribution in [0.3, 0.4) is 0 Å². The van der Waals surface area contributed by atoms with Gasteiger partial charge in [-0.2, -0.15) is 0 Å². The zero-order valence-corrected chi connectivity index (χ0v) is 11.8. The third kappa shape index (κ3) is 3.04. The van der Waals surface area contributed by atoms with Crippen molar-refractivity contribution in [3.05, 3.63) is 18.2 Å². The molecule has 1 aromatic carbocycles. The lowest BCUT2D eigenvalue weighted by Crippen LogP contribution is -2.26. The highest BCUT2D eigenvalue weighted by molar-refractivity contribution is 5.96. The van der Waals surface area contributed by atoms with Gasteiger partial charge in [0.15, 0.2) is 6.61 Å². The third-order valence-corrected chi connectivity index (χ3v) is 3.93. The van der Waals surface area contributed by atoms with Crippen molar-refractivity contribution in [2.75, 3.05) is 37.4 Å². The van der Waals surface area contributed by atoms with Gasteiger partial charge < -0.3 is 20.3 Å². The average Bonchev–Trinajstić information content (AvgIpc) is 2.63. The van der Waals surface area contributed by atoms with E-state index < -0.39 is 0 Å². The Morgan fingerprint density at radius 2 is 2.25 bits per heavy atom. The van der Waals surface area contributed by atoms with Crippen molar-refractivity contribution in [3.63, 3.8) is 0 Å². The Bertz CT molecular complexity index is 504. The maximum Gasteiger partial charge on any atom is 0.262 e.